The van der Waals surface area contributed by atoms with Crippen LogP contribution in [0.15, 0.2) is 0 Å². The Bertz CT molecular complexity index is 271. The predicted octanol–water partition coefficient (Wildman–Crippen LogP) is 1.33. The largest absolute Gasteiger partial charge is 0.379 e. The van der Waals surface area contributed by atoms with Crippen molar-refractivity contribution in [3.05, 3.63) is 0 Å². The highest BCUT2D eigenvalue weighted by Crippen LogP contribution is 2.18. The van der Waals surface area contributed by atoms with Crippen LogP contribution >= 0.6 is 0 Å². The van der Waals surface area contributed by atoms with Crippen molar-refractivity contribution in [1.82, 2.24) is 9.80 Å². The third kappa shape index (κ3) is 4.56. The molecule has 0 aliphatic carbocycles. The van der Waals surface area contributed by atoms with Gasteiger partial charge in [0.1, 0.15) is 0 Å². The summed E-state index contributed by atoms with van der Waals surface area (Å²) in [6.45, 7) is 8.97. The molecule has 0 aromatic rings. The lowest BCUT2D eigenvalue weighted by Gasteiger charge is -2.29. The first kappa shape index (κ1) is 13.8. The van der Waals surface area contributed by atoms with E-state index in [2.05, 4.69) is 15.9 Å². The third-order valence-electron chi connectivity index (χ3n) is 4.00. The van der Waals surface area contributed by atoms with Gasteiger partial charge in [0.25, 0.3) is 0 Å². The molecule has 0 bridgehead atoms. The van der Waals surface area contributed by atoms with Crippen LogP contribution < -0.4 is 0 Å². The molecule has 2 saturated heterocycles. The van der Waals surface area contributed by atoms with Crippen molar-refractivity contribution in [3.63, 3.8) is 0 Å². The lowest BCUT2D eigenvalue weighted by atomic mass is 10.1. The van der Waals surface area contributed by atoms with Gasteiger partial charge in [-0.2, -0.15) is 5.26 Å². The number of nitriles is 1. The van der Waals surface area contributed by atoms with Crippen molar-refractivity contribution < 1.29 is 4.74 Å². The van der Waals surface area contributed by atoms with E-state index in [1.54, 1.807) is 0 Å². The van der Waals surface area contributed by atoms with Crippen molar-refractivity contribution in [2.75, 3.05) is 52.5 Å². The lowest BCUT2D eigenvalue weighted by Crippen LogP contribution is -2.39. The fraction of sp³-hybridized carbons (Fsp3) is 0.929. The van der Waals surface area contributed by atoms with Crippen LogP contribution in [0.25, 0.3) is 0 Å². The summed E-state index contributed by atoms with van der Waals surface area (Å²) in [5.74, 6) is 0.846. The molecule has 0 saturated carbocycles. The average molecular weight is 251 g/mol. The molecule has 1 atom stereocenters. The molecule has 2 aliphatic rings. The number of hydrogen-bond acceptors (Lipinski definition) is 4. The number of likely N-dealkylation sites (tertiary alicyclic amines) is 1. The Morgan fingerprint density at radius 2 is 1.94 bits per heavy atom. The minimum atomic E-state index is 0.713. The molecule has 2 aliphatic heterocycles. The van der Waals surface area contributed by atoms with Crippen LogP contribution in [0.4, 0.5) is 0 Å². The lowest BCUT2D eigenvalue weighted by molar-refractivity contribution is 0.0312. The summed E-state index contributed by atoms with van der Waals surface area (Å²) in [7, 11) is 0. The third-order valence-corrected chi connectivity index (χ3v) is 4.00. The molecule has 0 aromatic heterocycles. The maximum Gasteiger partial charge on any atom is 0.0621 e. The van der Waals surface area contributed by atoms with Gasteiger partial charge in [-0.3, -0.25) is 4.90 Å². The van der Waals surface area contributed by atoms with Crippen LogP contribution in [0.3, 0.4) is 0 Å². The van der Waals surface area contributed by atoms with Crippen molar-refractivity contribution in [2.45, 2.75) is 25.7 Å². The van der Waals surface area contributed by atoms with Gasteiger partial charge in [0, 0.05) is 32.6 Å². The Labute approximate surface area is 110 Å². The smallest absolute Gasteiger partial charge is 0.0621 e. The van der Waals surface area contributed by atoms with E-state index >= 15 is 0 Å². The molecule has 0 amide bonds. The van der Waals surface area contributed by atoms with Gasteiger partial charge < -0.3 is 9.64 Å². The van der Waals surface area contributed by atoms with Crippen LogP contribution in [0.2, 0.25) is 0 Å². The second-order valence-electron chi connectivity index (χ2n) is 5.48. The van der Waals surface area contributed by atoms with Gasteiger partial charge in [0.15, 0.2) is 0 Å². The van der Waals surface area contributed by atoms with Gasteiger partial charge in [0.2, 0.25) is 0 Å². The van der Waals surface area contributed by atoms with E-state index in [4.69, 9.17) is 10.00 Å². The molecule has 2 fully saturated rings. The average Bonchev–Trinajstić information content (AvgIpc) is 2.84. The molecule has 0 aromatic carbocycles. The number of morpholine rings is 1. The van der Waals surface area contributed by atoms with Gasteiger partial charge >= 0.3 is 0 Å². The minimum absolute atomic E-state index is 0.713. The predicted molar refractivity (Wildman–Crippen MR) is 71.3 cm³/mol. The molecule has 2 rings (SSSR count). The zero-order valence-corrected chi connectivity index (χ0v) is 11.3. The van der Waals surface area contributed by atoms with E-state index < -0.39 is 0 Å². The van der Waals surface area contributed by atoms with Gasteiger partial charge in [-0.1, -0.05) is 0 Å². The summed E-state index contributed by atoms with van der Waals surface area (Å²) in [5.41, 5.74) is 0. The fourth-order valence-corrected chi connectivity index (χ4v) is 2.95. The molecule has 0 radical (unpaired) electrons. The molecule has 4 nitrogen and oxygen atoms in total. The molecular weight excluding hydrogens is 226 g/mol. The maximum absolute atomic E-state index is 8.50. The van der Waals surface area contributed by atoms with Crippen LogP contribution in [-0.2, 0) is 4.74 Å². The zero-order valence-electron chi connectivity index (χ0n) is 11.3. The van der Waals surface area contributed by atoms with E-state index in [1.807, 2.05) is 0 Å². The SMILES string of the molecule is N#CCCCCN1CCC(CN2CCOCC2)C1. The molecule has 102 valence electrons. The normalized spacial score (nSPS) is 26.3. The van der Waals surface area contributed by atoms with E-state index in [-0.39, 0.29) is 0 Å². The maximum atomic E-state index is 8.50. The fourth-order valence-electron chi connectivity index (χ4n) is 2.95. The molecular formula is C14H25N3O. The Morgan fingerprint density at radius 1 is 1.11 bits per heavy atom. The van der Waals surface area contributed by atoms with Gasteiger partial charge in [-0.15, -0.1) is 0 Å². The van der Waals surface area contributed by atoms with Gasteiger partial charge in [-0.25, -0.2) is 0 Å². The first-order chi connectivity index (χ1) is 8.88. The first-order valence-corrected chi connectivity index (χ1v) is 7.28. The van der Waals surface area contributed by atoms with E-state index in [0.29, 0.717) is 6.42 Å². The summed E-state index contributed by atoms with van der Waals surface area (Å²) in [6.07, 6.45) is 4.29. The Morgan fingerprint density at radius 3 is 2.72 bits per heavy atom. The van der Waals surface area contributed by atoms with Gasteiger partial charge in [0.05, 0.1) is 19.3 Å². The Balaban J connectivity index is 1.58. The van der Waals surface area contributed by atoms with Crippen molar-refractivity contribution in [2.24, 2.45) is 5.92 Å². The minimum Gasteiger partial charge on any atom is -0.379 e. The van der Waals surface area contributed by atoms with Crippen LogP contribution in [0, 0.1) is 17.2 Å². The van der Waals surface area contributed by atoms with Crippen molar-refractivity contribution in [1.29, 1.82) is 5.26 Å². The quantitative estimate of drug-likeness (QED) is 0.668. The standard InChI is InChI=1S/C14H25N3O/c15-5-2-1-3-6-16-7-4-14(12-16)13-17-8-10-18-11-9-17/h14H,1-4,6-13H2. The summed E-state index contributed by atoms with van der Waals surface area (Å²) >= 11 is 0. The molecule has 0 spiro atoms. The van der Waals surface area contributed by atoms with E-state index in [1.165, 1.54) is 39.0 Å². The molecule has 18 heavy (non-hydrogen) atoms. The topological polar surface area (TPSA) is 39.5 Å². The number of nitrogens with zero attached hydrogens (tertiary/aromatic N) is 3. The number of unbranched alkanes of at least 4 members (excludes halogenated alkanes) is 2. The summed E-state index contributed by atoms with van der Waals surface area (Å²) < 4.78 is 5.38. The highest BCUT2D eigenvalue weighted by molar-refractivity contribution is 4.79. The molecule has 4 heteroatoms. The van der Waals surface area contributed by atoms with Crippen molar-refractivity contribution >= 4 is 0 Å². The first-order valence-electron chi connectivity index (χ1n) is 7.28. The Hall–Kier alpha value is -0.630. The van der Waals surface area contributed by atoms with Crippen LogP contribution in [0.1, 0.15) is 25.7 Å². The summed E-state index contributed by atoms with van der Waals surface area (Å²) in [5, 5.41) is 8.50. The van der Waals surface area contributed by atoms with Crippen LogP contribution in [0.5, 0.6) is 0 Å². The second-order valence-corrected chi connectivity index (χ2v) is 5.48. The molecule has 2 heterocycles. The summed E-state index contributed by atoms with van der Waals surface area (Å²) in [4.78, 5) is 5.12. The number of rotatable bonds is 6. The van der Waals surface area contributed by atoms with Gasteiger partial charge in [-0.05, 0) is 38.3 Å². The highest BCUT2D eigenvalue weighted by atomic mass is 16.5. The molecule has 1 unspecified atom stereocenters. The van der Waals surface area contributed by atoms with E-state index in [9.17, 15) is 0 Å². The monoisotopic (exact) mass is 251 g/mol. The number of ether oxygens (including phenoxy) is 1. The molecule has 0 N–H and O–H groups in total. The van der Waals surface area contributed by atoms with Crippen molar-refractivity contribution in [3.8, 4) is 6.07 Å². The zero-order chi connectivity index (χ0) is 12.6. The second kappa shape index (κ2) is 7.73. The number of hydrogen-bond donors (Lipinski definition) is 0. The highest BCUT2D eigenvalue weighted by Gasteiger charge is 2.24. The van der Waals surface area contributed by atoms with E-state index in [0.717, 1.165) is 38.6 Å². The van der Waals surface area contributed by atoms with Crippen LogP contribution in [-0.4, -0.2) is 62.3 Å². The summed E-state index contributed by atoms with van der Waals surface area (Å²) in [6, 6.07) is 2.22. The Kier molecular flexibility index (Phi) is 5.92.